The average Bonchev–Trinajstić information content (AvgIpc) is 3.26. The lowest BCUT2D eigenvalue weighted by atomic mass is 9.79. The van der Waals surface area contributed by atoms with Crippen LogP contribution >= 0.6 is 0 Å². The van der Waals surface area contributed by atoms with Crippen LogP contribution in [0.1, 0.15) is 29.8 Å². The van der Waals surface area contributed by atoms with Crippen LogP contribution in [0.15, 0.2) is 42.5 Å². The maximum absolute atomic E-state index is 13.8. The number of aliphatic carboxylic acids is 2. The first kappa shape index (κ1) is 33.9. The summed E-state index contributed by atoms with van der Waals surface area (Å²) >= 11 is 0. The molecule has 228 valence electrons. The van der Waals surface area contributed by atoms with Crippen LogP contribution in [0.2, 0.25) is 0 Å². The molecule has 8 nitrogen and oxygen atoms in total. The number of hydrogen-bond acceptors (Lipinski definition) is 6. The molecule has 1 aromatic carbocycles. The lowest BCUT2D eigenvalue weighted by Crippen LogP contribution is -2.64. The highest BCUT2D eigenvalue weighted by molar-refractivity contribution is 5.73. The molecule has 1 unspecified atom stereocenters. The van der Waals surface area contributed by atoms with Gasteiger partial charge in [0, 0.05) is 44.1 Å². The summed E-state index contributed by atoms with van der Waals surface area (Å²) in [6.07, 6.45) is -8.08. The summed E-state index contributed by atoms with van der Waals surface area (Å²) < 4.78 is 89.3. The zero-order valence-electron chi connectivity index (χ0n) is 21.8. The van der Waals surface area contributed by atoms with Crippen LogP contribution in [0.4, 0.5) is 30.7 Å². The van der Waals surface area contributed by atoms with E-state index in [4.69, 9.17) is 29.3 Å². The normalized spacial score (nSPS) is 18.0. The maximum Gasteiger partial charge on any atom is 0.490 e. The molecule has 4 rings (SSSR count). The molecule has 2 N–H and O–H groups in total. The van der Waals surface area contributed by atoms with Gasteiger partial charge in [-0.2, -0.15) is 26.3 Å². The van der Waals surface area contributed by atoms with Crippen molar-refractivity contribution in [1.29, 1.82) is 0 Å². The van der Waals surface area contributed by atoms with Crippen LogP contribution in [0, 0.1) is 18.7 Å². The Morgan fingerprint density at radius 2 is 1.61 bits per heavy atom. The second kappa shape index (κ2) is 14.5. The minimum Gasteiger partial charge on any atom is -0.475 e. The molecule has 2 aliphatic rings. The molecule has 15 heteroatoms. The van der Waals surface area contributed by atoms with Crippen molar-refractivity contribution < 1.29 is 60.0 Å². The third kappa shape index (κ3) is 10.9. The van der Waals surface area contributed by atoms with Crippen molar-refractivity contribution in [2.24, 2.45) is 5.92 Å². The van der Waals surface area contributed by atoms with Crippen LogP contribution in [0.5, 0.6) is 0 Å². The number of carboxylic acid groups (broad SMARTS) is 2. The third-order valence-corrected chi connectivity index (χ3v) is 6.23. The van der Waals surface area contributed by atoms with Crippen molar-refractivity contribution in [2.45, 2.75) is 50.9 Å². The van der Waals surface area contributed by atoms with Crippen LogP contribution in [0.3, 0.4) is 0 Å². The monoisotopic (exact) mass is 598 g/mol. The second-order valence-corrected chi connectivity index (χ2v) is 9.35. The van der Waals surface area contributed by atoms with Gasteiger partial charge in [-0.15, -0.1) is 0 Å². The summed E-state index contributed by atoms with van der Waals surface area (Å²) in [5.74, 6) is -5.12. The quantitative estimate of drug-likeness (QED) is 0.339. The number of rotatable bonds is 7. The molecule has 0 amide bonds. The van der Waals surface area contributed by atoms with Gasteiger partial charge in [-0.1, -0.05) is 24.3 Å². The Kier molecular flexibility index (Phi) is 12.0. The van der Waals surface area contributed by atoms with Gasteiger partial charge in [-0.3, -0.25) is 9.88 Å². The van der Waals surface area contributed by atoms with Crippen molar-refractivity contribution in [3.63, 3.8) is 0 Å². The number of nitrogens with zero attached hydrogens (tertiary/aromatic N) is 2. The maximum atomic E-state index is 13.8. The predicted octanol–water partition coefficient (Wildman–Crippen LogP) is 4.99. The van der Waals surface area contributed by atoms with Gasteiger partial charge in [0.05, 0.1) is 17.9 Å². The van der Waals surface area contributed by atoms with E-state index >= 15 is 0 Å². The molecule has 0 aliphatic carbocycles. The van der Waals surface area contributed by atoms with Crippen molar-refractivity contribution in [1.82, 2.24) is 9.88 Å². The molecule has 0 saturated carbocycles. The molecule has 0 bridgehead atoms. The van der Waals surface area contributed by atoms with Gasteiger partial charge in [-0.25, -0.2) is 14.0 Å². The highest BCUT2D eigenvalue weighted by Gasteiger charge is 2.52. The lowest BCUT2D eigenvalue weighted by Gasteiger charge is -2.50. The first-order valence-electron chi connectivity index (χ1n) is 12.2. The lowest BCUT2D eigenvalue weighted by molar-refractivity contribution is -0.193. The summed E-state index contributed by atoms with van der Waals surface area (Å²) in [7, 11) is 0. The number of carbonyl (C=O) groups is 2. The van der Waals surface area contributed by atoms with Gasteiger partial charge in [0.2, 0.25) is 0 Å². The van der Waals surface area contributed by atoms with Crippen molar-refractivity contribution in [2.75, 3.05) is 26.3 Å². The van der Waals surface area contributed by atoms with E-state index < -0.39 is 24.3 Å². The average molecular weight is 599 g/mol. The minimum absolute atomic E-state index is 0.0593. The number of ether oxygens (including phenoxy) is 2. The highest BCUT2D eigenvalue weighted by atomic mass is 19.4. The molecule has 1 atom stereocenters. The fourth-order valence-electron chi connectivity index (χ4n) is 4.31. The Hall–Kier alpha value is -3.30. The Bertz CT molecular complexity index is 1130. The largest absolute Gasteiger partial charge is 0.490 e. The van der Waals surface area contributed by atoms with E-state index in [-0.39, 0.29) is 11.4 Å². The van der Waals surface area contributed by atoms with Crippen LogP contribution in [0.25, 0.3) is 0 Å². The van der Waals surface area contributed by atoms with E-state index in [1.807, 2.05) is 37.3 Å². The molecular formula is C26H29F7N2O6. The molecule has 2 aromatic rings. The Labute approximate surface area is 230 Å². The predicted molar refractivity (Wildman–Crippen MR) is 129 cm³/mol. The van der Waals surface area contributed by atoms with Crippen molar-refractivity contribution >= 4 is 11.9 Å². The van der Waals surface area contributed by atoms with E-state index in [2.05, 4.69) is 9.88 Å². The molecule has 3 heterocycles. The van der Waals surface area contributed by atoms with E-state index in [0.29, 0.717) is 19.1 Å². The number of likely N-dealkylation sites (tertiary alicyclic amines) is 1. The number of hydrogen-bond donors (Lipinski definition) is 2. The van der Waals surface area contributed by atoms with Gasteiger partial charge in [0.15, 0.2) is 0 Å². The van der Waals surface area contributed by atoms with E-state index in [1.54, 1.807) is 6.07 Å². The summed E-state index contributed by atoms with van der Waals surface area (Å²) in [5.41, 5.74) is 2.70. The standard InChI is InChI=1S/C22H27FN2O2.2C2HF3O2/c1-17-5-4-7-20(24-17)14-26-11-9-19-10-12-27-22(19)15-25(16-22)13-18-6-2-3-8-21(18)23;2*3-2(4,5)1(6)7/h2-8,19H,9-16H2,1H3;2*(H,6,7). The number of aromatic nitrogens is 1. The fourth-order valence-corrected chi connectivity index (χ4v) is 4.31. The molecule has 2 fully saturated rings. The topological polar surface area (TPSA) is 109 Å². The van der Waals surface area contributed by atoms with E-state index in [9.17, 15) is 30.7 Å². The number of benzene rings is 1. The fraction of sp³-hybridized carbons (Fsp3) is 0.500. The third-order valence-electron chi connectivity index (χ3n) is 6.23. The minimum atomic E-state index is -5.08. The summed E-state index contributed by atoms with van der Waals surface area (Å²) in [6.45, 7) is 6.50. The number of aryl methyl sites for hydroxylation is 1. The van der Waals surface area contributed by atoms with Gasteiger partial charge in [0.1, 0.15) is 5.82 Å². The SMILES string of the molecule is Cc1cccc(COCCC2CCOC23CN(Cc2ccccc2F)C3)n1.O=C(O)C(F)(F)F.O=C(O)C(F)(F)F. The zero-order valence-corrected chi connectivity index (χ0v) is 21.8. The highest BCUT2D eigenvalue weighted by Crippen LogP contribution is 2.42. The van der Waals surface area contributed by atoms with Crippen LogP contribution < -0.4 is 0 Å². The number of carboxylic acids is 2. The van der Waals surface area contributed by atoms with Gasteiger partial charge >= 0.3 is 24.3 Å². The molecular weight excluding hydrogens is 569 g/mol. The molecule has 41 heavy (non-hydrogen) atoms. The molecule has 1 spiro atoms. The van der Waals surface area contributed by atoms with Crippen molar-refractivity contribution in [3.8, 4) is 0 Å². The van der Waals surface area contributed by atoms with Gasteiger partial charge < -0.3 is 19.7 Å². The zero-order chi connectivity index (χ0) is 30.8. The molecule has 1 aromatic heterocycles. The number of halogens is 7. The molecule has 2 aliphatic heterocycles. The van der Waals surface area contributed by atoms with Gasteiger partial charge in [0.25, 0.3) is 0 Å². The summed E-state index contributed by atoms with van der Waals surface area (Å²) in [5, 5.41) is 14.2. The van der Waals surface area contributed by atoms with E-state index in [0.717, 1.165) is 56.1 Å². The van der Waals surface area contributed by atoms with Crippen LogP contribution in [-0.4, -0.2) is 76.3 Å². The first-order valence-corrected chi connectivity index (χ1v) is 12.2. The summed E-state index contributed by atoms with van der Waals surface area (Å²) in [6, 6.07) is 13.0. The smallest absolute Gasteiger partial charge is 0.475 e. The Balaban J connectivity index is 0.000000349. The van der Waals surface area contributed by atoms with E-state index in [1.165, 1.54) is 6.07 Å². The van der Waals surface area contributed by atoms with Crippen LogP contribution in [-0.2, 0) is 32.2 Å². The second-order valence-electron chi connectivity index (χ2n) is 9.35. The Morgan fingerprint density at radius 1 is 1.02 bits per heavy atom. The summed E-state index contributed by atoms with van der Waals surface area (Å²) in [4.78, 5) is 24.5. The van der Waals surface area contributed by atoms with Gasteiger partial charge in [-0.05, 0) is 43.9 Å². The number of pyridine rings is 1. The van der Waals surface area contributed by atoms with Crippen molar-refractivity contribution in [3.05, 3.63) is 65.2 Å². The first-order chi connectivity index (χ1) is 19.0. The molecule has 0 radical (unpaired) electrons. The molecule has 2 saturated heterocycles. The Morgan fingerprint density at radius 3 is 2.15 bits per heavy atom. The number of alkyl halides is 6.